The Bertz CT molecular complexity index is 751. The van der Waals surface area contributed by atoms with Crippen molar-refractivity contribution < 1.29 is 14.7 Å². The van der Waals surface area contributed by atoms with Crippen LogP contribution in [-0.2, 0) is 11.2 Å². The van der Waals surface area contributed by atoms with E-state index in [9.17, 15) is 9.59 Å². The molecule has 0 saturated heterocycles. The summed E-state index contributed by atoms with van der Waals surface area (Å²) in [5, 5.41) is 17.3. The molecular formula is C20H24N2O3. The number of carbonyl (C=O) groups is 2. The third kappa shape index (κ3) is 4.72. The fourth-order valence-electron chi connectivity index (χ4n) is 3.44. The number of amides is 2. The van der Waals surface area contributed by atoms with Gasteiger partial charge in [-0.2, -0.15) is 0 Å². The SMILES string of the molecule is O=C(NCCc1ccc2ccccc2c1)NC1CCC(C(=O)O)CC1. The van der Waals surface area contributed by atoms with E-state index in [1.54, 1.807) is 0 Å². The third-order valence-corrected chi connectivity index (χ3v) is 4.92. The van der Waals surface area contributed by atoms with Crippen LogP contribution in [0.3, 0.4) is 0 Å². The number of benzene rings is 2. The maximum absolute atomic E-state index is 12.0. The molecule has 2 amide bonds. The Kier molecular flexibility index (Phi) is 5.53. The summed E-state index contributed by atoms with van der Waals surface area (Å²) < 4.78 is 0. The number of urea groups is 1. The van der Waals surface area contributed by atoms with E-state index < -0.39 is 5.97 Å². The topological polar surface area (TPSA) is 78.4 Å². The Morgan fingerprint density at radius 1 is 1.00 bits per heavy atom. The largest absolute Gasteiger partial charge is 0.481 e. The quantitative estimate of drug-likeness (QED) is 0.781. The van der Waals surface area contributed by atoms with Crippen molar-refractivity contribution in [3.8, 4) is 0 Å². The Morgan fingerprint density at radius 2 is 1.72 bits per heavy atom. The lowest BCUT2D eigenvalue weighted by Crippen LogP contribution is -2.44. The van der Waals surface area contributed by atoms with Gasteiger partial charge in [-0.05, 0) is 48.4 Å². The van der Waals surface area contributed by atoms with Crippen LogP contribution in [0.5, 0.6) is 0 Å². The molecule has 1 aliphatic rings. The molecule has 2 aromatic rings. The normalized spacial score (nSPS) is 20.2. The van der Waals surface area contributed by atoms with Crippen LogP contribution in [0, 0.1) is 5.92 Å². The minimum atomic E-state index is -0.724. The zero-order valence-corrected chi connectivity index (χ0v) is 14.2. The number of fused-ring (bicyclic) bond motifs is 1. The van der Waals surface area contributed by atoms with Crippen molar-refractivity contribution in [3.05, 3.63) is 48.0 Å². The van der Waals surface area contributed by atoms with Gasteiger partial charge in [-0.25, -0.2) is 4.79 Å². The third-order valence-electron chi connectivity index (χ3n) is 4.92. The summed E-state index contributed by atoms with van der Waals surface area (Å²) in [5.41, 5.74) is 1.20. The molecule has 0 heterocycles. The number of carboxylic acid groups (broad SMARTS) is 1. The van der Waals surface area contributed by atoms with Crippen molar-refractivity contribution in [3.63, 3.8) is 0 Å². The summed E-state index contributed by atoms with van der Waals surface area (Å²) in [6, 6.07) is 14.5. The molecule has 1 aliphatic carbocycles. The molecular weight excluding hydrogens is 316 g/mol. The van der Waals surface area contributed by atoms with Gasteiger partial charge in [0.1, 0.15) is 0 Å². The van der Waals surface area contributed by atoms with Crippen LogP contribution in [0.1, 0.15) is 31.2 Å². The molecule has 0 radical (unpaired) electrons. The molecule has 0 unspecified atom stereocenters. The molecule has 1 saturated carbocycles. The predicted octanol–water partition coefficient (Wildman–Crippen LogP) is 3.32. The van der Waals surface area contributed by atoms with Crippen molar-refractivity contribution in [2.45, 2.75) is 38.1 Å². The number of hydrogen-bond donors (Lipinski definition) is 3. The summed E-state index contributed by atoms with van der Waals surface area (Å²) in [5.74, 6) is -0.979. The summed E-state index contributed by atoms with van der Waals surface area (Å²) >= 11 is 0. The molecule has 3 rings (SSSR count). The molecule has 0 aromatic heterocycles. The summed E-state index contributed by atoms with van der Waals surface area (Å²) in [7, 11) is 0. The molecule has 5 heteroatoms. The summed E-state index contributed by atoms with van der Waals surface area (Å²) in [4.78, 5) is 22.9. The van der Waals surface area contributed by atoms with Gasteiger partial charge in [0, 0.05) is 12.6 Å². The van der Waals surface area contributed by atoms with Crippen molar-refractivity contribution in [1.29, 1.82) is 0 Å². The van der Waals surface area contributed by atoms with Gasteiger partial charge in [0.05, 0.1) is 5.92 Å². The first-order valence-electron chi connectivity index (χ1n) is 8.86. The number of nitrogens with one attached hydrogen (secondary N) is 2. The smallest absolute Gasteiger partial charge is 0.315 e. The van der Waals surface area contributed by atoms with Gasteiger partial charge in [-0.15, -0.1) is 0 Å². The molecule has 0 spiro atoms. The number of carboxylic acids is 1. The van der Waals surface area contributed by atoms with Gasteiger partial charge in [-0.3, -0.25) is 4.79 Å². The fourth-order valence-corrected chi connectivity index (χ4v) is 3.44. The lowest BCUT2D eigenvalue weighted by Gasteiger charge is -2.26. The lowest BCUT2D eigenvalue weighted by atomic mass is 9.86. The Labute approximate surface area is 147 Å². The molecule has 25 heavy (non-hydrogen) atoms. The highest BCUT2D eigenvalue weighted by atomic mass is 16.4. The molecule has 132 valence electrons. The van der Waals surface area contributed by atoms with Crippen LogP contribution < -0.4 is 10.6 Å². The fraction of sp³-hybridized carbons (Fsp3) is 0.400. The molecule has 0 bridgehead atoms. The van der Waals surface area contributed by atoms with E-state index in [4.69, 9.17) is 5.11 Å². The second kappa shape index (κ2) is 8.01. The van der Waals surface area contributed by atoms with Crippen LogP contribution in [-0.4, -0.2) is 29.7 Å². The van der Waals surface area contributed by atoms with E-state index in [1.165, 1.54) is 16.3 Å². The van der Waals surface area contributed by atoms with Gasteiger partial charge < -0.3 is 15.7 Å². The molecule has 0 aliphatic heterocycles. The minimum absolute atomic E-state index is 0.0799. The molecule has 2 aromatic carbocycles. The van der Waals surface area contributed by atoms with Gasteiger partial charge in [0.15, 0.2) is 0 Å². The first-order chi connectivity index (χ1) is 12.1. The first kappa shape index (κ1) is 17.3. The van der Waals surface area contributed by atoms with Crippen LogP contribution >= 0.6 is 0 Å². The van der Waals surface area contributed by atoms with Gasteiger partial charge in [0.25, 0.3) is 0 Å². The second-order valence-corrected chi connectivity index (χ2v) is 6.72. The number of rotatable bonds is 5. The average molecular weight is 340 g/mol. The van der Waals surface area contributed by atoms with Crippen LogP contribution in [0.2, 0.25) is 0 Å². The van der Waals surface area contributed by atoms with E-state index in [1.807, 2.05) is 12.1 Å². The maximum atomic E-state index is 12.0. The van der Waals surface area contributed by atoms with Gasteiger partial charge >= 0.3 is 12.0 Å². The number of hydrogen-bond acceptors (Lipinski definition) is 2. The van der Waals surface area contributed by atoms with Crippen LogP contribution in [0.4, 0.5) is 4.79 Å². The summed E-state index contributed by atoms with van der Waals surface area (Å²) in [6.07, 6.45) is 3.52. The predicted molar refractivity (Wildman–Crippen MR) is 97.6 cm³/mol. The van der Waals surface area contributed by atoms with Crippen molar-refractivity contribution in [2.75, 3.05) is 6.54 Å². The zero-order chi connectivity index (χ0) is 17.6. The standard InChI is InChI=1S/C20H24N2O3/c23-19(24)16-7-9-18(10-8-16)22-20(25)21-12-11-14-5-6-15-3-1-2-4-17(15)13-14/h1-6,13,16,18H,7-12H2,(H,23,24)(H2,21,22,25). The van der Waals surface area contributed by atoms with Crippen LogP contribution in [0.15, 0.2) is 42.5 Å². The number of aliphatic carboxylic acids is 1. The van der Waals surface area contributed by atoms with Crippen LogP contribution in [0.25, 0.3) is 10.8 Å². The highest BCUT2D eigenvalue weighted by molar-refractivity contribution is 5.83. The van der Waals surface area contributed by atoms with E-state index in [0.29, 0.717) is 19.4 Å². The van der Waals surface area contributed by atoms with Crippen molar-refractivity contribution >= 4 is 22.8 Å². The summed E-state index contributed by atoms with van der Waals surface area (Å²) in [6.45, 7) is 0.578. The Hall–Kier alpha value is -2.56. The Balaban J connectivity index is 1.41. The highest BCUT2D eigenvalue weighted by Crippen LogP contribution is 2.24. The molecule has 3 N–H and O–H groups in total. The van der Waals surface area contributed by atoms with E-state index >= 15 is 0 Å². The minimum Gasteiger partial charge on any atom is -0.481 e. The van der Waals surface area contributed by atoms with E-state index in [2.05, 4.69) is 41.0 Å². The number of carbonyl (C=O) groups excluding carboxylic acids is 1. The molecule has 5 nitrogen and oxygen atoms in total. The maximum Gasteiger partial charge on any atom is 0.315 e. The Morgan fingerprint density at radius 3 is 2.44 bits per heavy atom. The zero-order valence-electron chi connectivity index (χ0n) is 14.2. The monoisotopic (exact) mass is 340 g/mol. The van der Waals surface area contributed by atoms with Crippen molar-refractivity contribution in [1.82, 2.24) is 10.6 Å². The van der Waals surface area contributed by atoms with E-state index in [0.717, 1.165) is 19.3 Å². The molecule has 1 fully saturated rings. The van der Waals surface area contributed by atoms with Gasteiger partial charge in [-0.1, -0.05) is 42.5 Å². The van der Waals surface area contributed by atoms with E-state index in [-0.39, 0.29) is 18.0 Å². The second-order valence-electron chi connectivity index (χ2n) is 6.72. The van der Waals surface area contributed by atoms with Gasteiger partial charge in [0.2, 0.25) is 0 Å². The van der Waals surface area contributed by atoms with Crippen molar-refractivity contribution in [2.24, 2.45) is 5.92 Å². The lowest BCUT2D eigenvalue weighted by molar-refractivity contribution is -0.142. The highest BCUT2D eigenvalue weighted by Gasteiger charge is 2.26. The first-order valence-corrected chi connectivity index (χ1v) is 8.86. The average Bonchev–Trinajstić information content (AvgIpc) is 2.62. The molecule has 0 atom stereocenters.